The Labute approximate surface area is 144 Å². The molecule has 1 unspecified atom stereocenters. The summed E-state index contributed by atoms with van der Waals surface area (Å²) in [7, 11) is -3.81. The highest BCUT2D eigenvalue weighted by Crippen LogP contribution is 2.42. The highest BCUT2D eigenvalue weighted by Gasteiger charge is 2.47. The number of amides is 1. The van der Waals surface area contributed by atoms with Crippen LogP contribution in [-0.4, -0.2) is 24.5 Å². The van der Waals surface area contributed by atoms with Crippen LogP contribution >= 0.6 is 11.8 Å². The molecule has 3 N–H and O–H groups in total. The second-order valence-corrected chi connectivity index (χ2v) is 8.10. The van der Waals surface area contributed by atoms with Crippen molar-refractivity contribution in [3.8, 4) is 0 Å². The van der Waals surface area contributed by atoms with E-state index in [9.17, 15) is 18.3 Å². The Hall–Kier alpha value is -1.87. The van der Waals surface area contributed by atoms with Gasteiger partial charge < -0.3 is 5.11 Å². The molecule has 3 rings (SSSR count). The number of primary sulfonamides is 1. The molecular weight excluding hydrogens is 348 g/mol. The van der Waals surface area contributed by atoms with Crippen LogP contribution in [0.1, 0.15) is 11.1 Å². The minimum atomic E-state index is -3.81. The van der Waals surface area contributed by atoms with Gasteiger partial charge in [-0.3, -0.25) is 9.69 Å². The zero-order valence-corrected chi connectivity index (χ0v) is 14.5. The number of hydrogen-bond donors (Lipinski definition) is 2. The molecule has 0 spiro atoms. The molecule has 1 amide bonds. The number of aliphatic hydroxyl groups is 1. The van der Waals surface area contributed by atoms with E-state index in [1.165, 1.54) is 29.2 Å². The lowest BCUT2D eigenvalue weighted by Gasteiger charge is -2.33. The van der Waals surface area contributed by atoms with Gasteiger partial charge in [0.05, 0.1) is 10.6 Å². The van der Waals surface area contributed by atoms with Gasteiger partial charge in [0.1, 0.15) is 0 Å². The Kier molecular flexibility index (Phi) is 4.16. The third-order valence-corrected chi connectivity index (χ3v) is 5.79. The van der Waals surface area contributed by atoms with Crippen LogP contribution in [0, 0.1) is 6.92 Å². The highest BCUT2D eigenvalue weighted by atomic mass is 32.2. The van der Waals surface area contributed by atoms with Gasteiger partial charge in [0, 0.05) is 11.3 Å². The van der Waals surface area contributed by atoms with Crippen molar-refractivity contribution in [2.45, 2.75) is 17.5 Å². The minimum absolute atomic E-state index is 0.0475. The van der Waals surface area contributed by atoms with Crippen LogP contribution in [0.25, 0.3) is 0 Å². The quantitative estimate of drug-likeness (QED) is 0.869. The number of carbonyl (C=O) groups is 1. The van der Waals surface area contributed by atoms with Crippen molar-refractivity contribution in [1.29, 1.82) is 0 Å². The predicted octanol–water partition coefficient (Wildman–Crippen LogP) is 2.16. The molecule has 1 heterocycles. The van der Waals surface area contributed by atoms with Crippen molar-refractivity contribution in [2.24, 2.45) is 5.14 Å². The number of nitrogens with two attached hydrogens (primary N) is 1. The van der Waals surface area contributed by atoms with E-state index in [-0.39, 0.29) is 15.9 Å². The van der Waals surface area contributed by atoms with Crippen molar-refractivity contribution >= 4 is 32.7 Å². The fraction of sp³-hybridized carbons (Fsp3) is 0.188. The van der Waals surface area contributed by atoms with E-state index in [0.717, 1.165) is 17.3 Å². The number of thioether (sulfide) groups is 1. The minimum Gasteiger partial charge on any atom is -0.366 e. The zero-order valence-electron chi connectivity index (χ0n) is 12.8. The van der Waals surface area contributed by atoms with Gasteiger partial charge in [0.15, 0.2) is 5.72 Å². The van der Waals surface area contributed by atoms with Gasteiger partial charge in [-0.15, -0.1) is 0 Å². The van der Waals surface area contributed by atoms with Crippen LogP contribution in [-0.2, 0) is 15.7 Å². The molecule has 126 valence electrons. The van der Waals surface area contributed by atoms with Gasteiger partial charge in [0.25, 0.3) is 5.24 Å². The van der Waals surface area contributed by atoms with Gasteiger partial charge in [-0.1, -0.05) is 41.6 Å². The third-order valence-electron chi connectivity index (χ3n) is 3.89. The van der Waals surface area contributed by atoms with Crippen LogP contribution in [0.2, 0.25) is 0 Å². The standard InChI is InChI=1S/C16H16N2O4S2/c1-11-2-6-13(7-3-11)18-15(19)23-10-16(18,20)12-4-8-14(9-5-12)24(17,21)22/h2-9,20H,10H2,1H3,(H2,17,21,22). The molecule has 2 aromatic rings. The van der Waals surface area contributed by atoms with E-state index in [1.54, 1.807) is 12.1 Å². The lowest BCUT2D eigenvalue weighted by atomic mass is 10.0. The molecule has 1 aliphatic heterocycles. The molecule has 0 bridgehead atoms. The first kappa shape index (κ1) is 17.0. The number of hydrogen-bond acceptors (Lipinski definition) is 5. The molecule has 1 saturated heterocycles. The second kappa shape index (κ2) is 5.89. The smallest absolute Gasteiger partial charge is 0.288 e. The first-order valence-corrected chi connectivity index (χ1v) is 9.64. The topological polar surface area (TPSA) is 101 Å². The number of aryl methyl sites for hydroxylation is 1. The summed E-state index contributed by atoms with van der Waals surface area (Å²) in [6, 6.07) is 12.8. The molecule has 0 aliphatic carbocycles. The molecule has 1 aliphatic rings. The summed E-state index contributed by atoms with van der Waals surface area (Å²) < 4.78 is 22.7. The molecule has 0 aromatic heterocycles. The van der Waals surface area contributed by atoms with Crippen molar-refractivity contribution in [3.63, 3.8) is 0 Å². The molecule has 6 nitrogen and oxygen atoms in total. The number of anilines is 1. The van der Waals surface area contributed by atoms with Gasteiger partial charge in [-0.25, -0.2) is 13.6 Å². The summed E-state index contributed by atoms with van der Waals surface area (Å²) in [4.78, 5) is 13.6. The molecule has 2 aromatic carbocycles. The van der Waals surface area contributed by atoms with Crippen molar-refractivity contribution < 1.29 is 18.3 Å². The monoisotopic (exact) mass is 364 g/mol. The average molecular weight is 364 g/mol. The Morgan fingerprint density at radius 2 is 1.71 bits per heavy atom. The zero-order chi connectivity index (χ0) is 17.5. The number of rotatable bonds is 3. The normalized spacial score (nSPS) is 21.3. The number of carbonyl (C=O) groups excluding carboxylic acids is 1. The maximum Gasteiger partial charge on any atom is 0.288 e. The van der Waals surface area contributed by atoms with Crippen molar-refractivity contribution in [2.75, 3.05) is 10.7 Å². The van der Waals surface area contributed by atoms with E-state index in [0.29, 0.717) is 11.3 Å². The van der Waals surface area contributed by atoms with Crippen LogP contribution in [0.5, 0.6) is 0 Å². The molecule has 8 heteroatoms. The highest BCUT2D eigenvalue weighted by molar-refractivity contribution is 8.14. The summed E-state index contributed by atoms with van der Waals surface area (Å²) in [5.74, 6) is 0.147. The summed E-state index contributed by atoms with van der Waals surface area (Å²) in [5.41, 5.74) is 0.495. The first-order valence-electron chi connectivity index (χ1n) is 7.11. The lowest BCUT2D eigenvalue weighted by Crippen LogP contribution is -2.44. The predicted molar refractivity (Wildman–Crippen MR) is 93.2 cm³/mol. The van der Waals surface area contributed by atoms with E-state index >= 15 is 0 Å². The Bertz CT molecular complexity index is 879. The molecule has 1 fully saturated rings. The fourth-order valence-corrected chi connectivity index (χ4v) is 4.10. The molecule has 0 saturated carbocycles. The largest absolute Gasteiger partial charge is 0.366 e. The summed E-state index contributed by atoms with van der Waals surface area (Å²) in [6.07, 6.45) is 0. The van der Waals surface area contributed by atoms with Gasteiger partial charge in [-0.05, 0) is 31.2 Å². The lowest BCUT2D eigenvalue weighted by molar-refractivity contribution is 0.0726. The third kappa shape index (κ3) is 2.93. The SMILES string of the molecule is Cc1ccc(N2C(=O)SCC2(O)c2ccc(S(N)(=O)=O)cc2)cc1. The summed E-state index contributed by atoms with van der Waals surface area (Å²) in [5, 5.41) is 15.9. The molecule has 1 atom stereocenters. The second-order valence-electron chi connectivity index (χ2n) is 5.61. The maximum absolute atomic E-state index is 12.3. The van der Waals surface area contributed by atoms with Crippen LogP contribution < -0.4 is 10.0 Å². The van der Waals surface area contributed by atoms with Crippen molar-refractivity contribution in [1.82, 2.24) is 0 Å². The van der Waals surface area contributed by atoms with E-state index < -0.39 is 15.7 Å². The van der Waals surface area contributed by atoms with Gasteiger partial charge in [0.2, 0.25) is 10.0 Å². The number of benzene rings is 2. The van der Waals surface area contributed by atoms with Crippen molar-refractivity contribution in [3.05, 3.63) is 59.7 Å². The molecule has 0 radical (unpaired) electrons. The van der Waals surface area contributed by atoms with Gasteiger partial charge in [-0.2, -0.15) is 0 Å². The Balaban J connectivity index is 2.04. The number of nitrogens with zero attached hydrogens (tertiary/aromatic N) is 1. The average Bonchev–Trinajstić information content (AvgIpc) is 2.84. The first-order chi connectivity index (χ1) is 11.2. The summed E-state index contributed by atoms with van der Waals surface area (Å²) >= 11 is 1.01. The summed E-state index contributed by atoms with van der Waals surface area (Å²) in [6.45, 7) is 1.93. The van der Waals surface area contributed by atoms with Crippen LogP contribution in [0.15, 0.2) is 53.4 Å². The van der Waals surface area contributed by atoms with Crippen LogP contribution in [0.4, 0.5) is 10.5 Å². The number of sulfonamides is 1. The molecular formula is C16H16N2O4S2. The van der Waals surface area contributed by atoms with E-state index in [1.807, 2.05) is 19.1 Å². The Morgan fingerprint density at radius 3 is 2.25 bits per heavy atom. The molecule has 24 heavy (non-hydrogen) atoms. The Morgan fingerprint density at radius 1 is 1.12 bits per heavy atom. The maximum atomic E-state index is 12.3. The van der Waals surface area contributed by atoms with Gasteiger partial charge >= 0.3 is 0 Å². The fourth-order valence-electron chi connectivity index (χ4n) is 2.58. The van der Waals surface area contributed by atoms with Crippen LogP contribution in [0.3, 0.4) is 0 Å². The van der Waals surface area contributed by atoms with E-state index in [4.69, 9.17) is 5.14 Å². The van der Waals surface area contributed by atoms with E-state index in [2.05, 4.69) is 0 Å².